The SMILES string of the molecule is CC1NC(=O)N(C)C1C(C)(C)C. The van der Waals surface area contributed by atoms with E-state index in [0.717, 1.165) is 0 Å². The van der Waals surface area contributed by atoms with Gasteiger partial charge in [-0.2, -0.15) is 0 Å². The van der Waals surface area contributed by atoms with E-state index in [1.807, 2.05) is 7.05 Å². The fourth-order valence-electron chi connectivity index (χ4n) is 2.17. The number of nitrogens with one attached hydrogen (secondary N) is 1. The van der Waals surface area contributed by atoms with E-state index in [9.17, 15) is 4.79 Å². The molecule has 1 rings (SSSR count). The van der Waals surface area contributed by atoms with E-state index < -0.39 is 0 Å². The van der Waals surface area contributed by atoms with E-state index in [0.29, 0.717) is 6.04 Å². The first-order chi connectivity index (χ1) is 5.34. The molecule has 2 amide bonds. The van der Waals surface area contributed by atoms with Gasteiger partial charge in [-0.1, -0.05) is 20.8 Å². The molecule has 0 aromatic carbocycles. The number of amides is 2. The molecule has 0 saturated carbocycles. The summed E-state index contributed by atoms with van der Waals surface area (Å²) in [6, 6.07) is 0.593. The van der Waals surface area contributed by atoms with Crippen LogP contribution in [0.5, 0.6) is 0 Å². The van der Waals surface area contributed by atoms with E-state index in [4.69, 9.17) is 0 Å². The quantitative estimate of drug-likeness (QED) is 0.586. The molecule has 1 fully saturated rings. The van der Waals surface area contributed by atoms with Crippen molar-refractivity contribution in [3.8, 4) is 0 Å². The summed E-state index contributed by atoms with van der Waals surface area (Å²) in [6.07, 6.45) is 0. The Labute approximate surface area is 74.1 Å². The van der Waals surface area contributed by atoms with Gasteiger partial charge >= 0.3 is 6.03 Å². The van der Waals surface area contributed by atoms with Gasteiger partial charge in [-0.3, -0.25) is 0 Å². The van der Waals surface area contributed by atoms with Crippen molar-refractivity contribution >= 4 is 6.03 Å². The minimum Gasteiger partial charge on any atom is -0.333 e. The second-order valence-electron chi connectivity index (χ2n) is 4.66. The molecule has 3 nitrogen and oxygen atoms in total. The predicted molar refractivity (Wildman–Crippen MR) is 49.0 cm³/mol. The smallest absolute Gasteiger partial charge is 0.317 e. The Balaban J connectivity index is 2.84. The number of hydrogen-bond acceptors (Lipinski definition) is 1. The highest BCUT2D eigenvalue weighted by molar-refractivity contribution is 5.77. The molecule has 1 heterocycles. The molecule has 0 aromatic rings. The average Bonchev–Trinajstić information content (AvgIpc) is 2.05. The lowest BCUT2D eigenvalue weighted by Gasteiger charge is -2.33. The first kappa shape index (κ1) is 9.36. The van der Waals surface area contributed by atoms with Crippen molar-refractivity contribution in [1.82, 2.24) is 10.2 Å². The van der Waals surface area contributed by atoms with Crippen LogP contribution in [0.3, 0.4) is 0 Å². The maximum Gasteiger partial charge on any atom is 0.317 e. The van der Waals surface area contributed by atoms with Crippen molar-refractivity contribution in [2.45, 2.75) is 39.8 Å². The van der Waals surface area contributed by atoms with Crippen LogP contribution in [0.2, 0.25) is 0 Å². The van der Waals surface area contributed by atoms with Crippen LogP contribution in [-0.2, 0) is 0 Å². The zero-order valence-electron chi connectivity index (χ0n) is 8.51. The highest BCUT2D eigenvalue weighted by atomic mass is 16.2. The molecule has 1 aliphatic heterocycles. The maximum atomic E-state index is 11.3. The minimum atomic E-state index is 0.0439. The van der Waals surface area contributed by atoms with Crippen molar-refractivity contribution < 1.29 is 4.79 Å². The first-order valence-corrected chi connectivity index (χ1v) is 4.37. The van der Waals surface area contributed by atoms with Gasteiger partial charge in [-0.15, -0.1) is 0 Å². The van der Waals surface area contributed by atoms with Crippen LogP contribution in [0, 0.1) is 5.41 Å². The molecular weight excluding hydrogens is 152 g/mol. The summed E-state index contributed by atoms with van der Waals surface area (Å²) >= 11 is 0. The molecule has 12 heavy (non-hydrogen) atoms. The summed E-state index contributed by atoms with van der Waals surface area (Å²) in [5.41, 5.74) is 0.146. The van der Waals surface area contributed by atoms with E-state index in [1.165, 1.54) is 0 Å². The number of hydrogen-bond donors (Lipinski definition) is 1. The molecule has 1 aliphatic rings. The number of likely N-dealkylation sites (N-methyl/N-ethyl adjacent to an activating group) is 1. The summed E-state index contributed by atoms with van der Waals surface area (Å²) < 4.78 is 0. The molecule has 0 spiro atoms. The highest BCUT2D eigenvalue weighted by Gasteiger charge is 2.41. The normalized spacial score (nSPS) is 30.8. The van der Waals surface area contributed by atoms with Crippen molar-refractivity contribution in [3.05, 3.63) is 0 Å². The predicted octanol–water partition coefficient (Wildman–Crippen LogP) is 1.44. The van der Waals surface area contributed by atoms with Crippen LogP contribution in [0.1, 0.15) is 27.7 Å². The number of nitrogens with zero attached hydrogens (tertiary/aromatic N) is 1. The molecule has 3 heteroatoms. The standard InChI is InChI=1S/C9H18N2O/c1-6-7(9(2,3)4)11(5)8(12)10-6/h6-7H,1-5H3,(H,10,12). The zero-order chi connectivity index (χ0) is 9.52. The molecule has 2 unspecified atom stereocenters. The van der Waals surface area contributed by atoms with Gasteiger partial charge in [0, 0.05) is 13.1 Å². The first-order valence-electron chi connectivity index (χ1n) is 4.37. The molecule has 1 saturated heterocycles. The van der Waals surface area contributed by atoms with E-state index in [2.05, 4.69) is 33.0 Å². The summed E-state index contributed by atoms with van der Waals surface area (Å²) in [4.78, 5) is 13.1. The number of rotatable bonds is 0. The molecule has 0 aliphatic carbocycles. The second-order valence-corrected chi connectivity index (χ2v) is 4.66. The van der Waals surface area contributed by atoms with Gasteiger partial charge in [-0.25, -0.2) is 4.79 Å². The van der Waals surface area contributed by atoms with Gasteiger partial charge in [0.25, 0.3) is 0 Å². The summed E-state index contributed by atoms with van der Waals surface area (Å²) in [7, 11) is 1.86. The van der Waals surface area contributed by atoms with Crippen molar-refractivity contribution in [3.63, 3.8) is 0 Å². The fourth-order valence-corrected chi connectivity index (χ4v) is 2.17. The van der Waals surface area contributed by atoms with Crippen molar-refractivity contribution in [1.29, 1.82) is 0 Å². The molecular formula is C9H18N2O. The van der Waals surface area contributed by atoms with E-state index in [-0.39, 0.29) is 17.5 Å². The third kappa shape index (κ3) is 1.40. The third-order valence-corrected chi connectivity index (χ3v) is 2.45. The van der Waals surface area contributed by atoms with Gasteiger partial charge in [0.15, 0.2) is 0 Å². The molecule has 0 radical (unpaired) electrons. The number of carbonyl (C=O) groups excluding carboxylic acids is 1. The number of carbonyl (C=O) groups is 1. The third-order valence-electron chi connectivity index (χ3n) is 2.45. The van der Waals surface area contributed by atoms with Crippen LogP contribution in [0.15, 0.2) is 0 Å². The van der Waals surface area contributed by atoms with Crippen molar-refractivity contribution in [2.24, 2.45) is 5.41 Å². The Morgan fingerprint density at radius 2 is 1.92 bits per heavy atom. The number of urea groups is 1. The van der Waals surface area contributed by atoms with Crippen molar-refractivity contribution in [2.75, 3.05) is 7.05 Å². The lowest BCUT2D eigenvalue weighted by Crippen LogP contribution is -2.43. The van der Waals surface area contributed by atoms with E-state index in [1.54, 1.807) is 4.90 Å². The summed E-state index contributed by atoms with van der Waals surface area (Å²) in [5, 5.41) is 2.91. The minimum absolute atomic E-state index is 0.0439. The largest absolute Gasteiger partial charge is 0.333 e. The average molecular weight is 170 g/mol. The highest BCUT2D eigenvalue weighted by Crippen LogP contribution is 2.29. The second kappa shape index (κ2) is 2.64. The van der Waals surface area contributed by atoms with Gasteiger partial charge in [0.2, 0.25) is 0 Å². The van der Waals surface area contributed by atoms with Gasteiger partial charge in [0.1, 0.15) is 0 Å². The molecule has 0 bridgehead atoms. The summed E-state index contributed by atoms with van der Waals surface area (Å²) in [5.74, 6) is 0. The Bertz CT molecular complexity index is 195. The van der Waals surface area contributed by atoms with Gasteiger partial charge < -0.3 is 10.2 Å². The van der Waals surface area contributed by atoms with Gasteiger partial charge in [0.05, 0.1) is 6.04 Å². The summed E-state index contributed by atoms with van der Waals surface area (Å²) in [6.45, 7) is 8.53. The lowest BCUT2D eigenvalue weighted by molar-refractivity contribution is 0.162. The van der Waals surface area contributed by atoms with Crippen LogP contribution >= 0.6 is 0 Å². The maximum absolute atomic E-state index is 11.3. The lowest BCUT2D eigenvalue weighted by atomic mass is 9.83. The van der Waals surface area contributed by atoms with Crippen LogP contribution in [0.4, 0.5) is 4.79 Å². The van der Waals surface area contributed by atoms with Crippen LogP contribution in [-0.4, -0.2) is 30.1 Å². The van der Waals surface area contributed by atoms with Crippen LogP contribution < -0.4 is 5.32 Å². The Kier molecular flexibility index (Phi) is 2.06. The Morgan fingerprint density at radius 3 is 2.08 bits per heavy atom. The van der Waals surface area contributed by atoms with Gasteiger partial charge in [-0.05, 0) is 12.3 Å². The van der Waals surface area contributed by atoms with Crippen LogP contribution in [0.25, 0.3) is 0 Å². The topological polar surface area (TPSA) is 32.3 Å². The molecule has 0 aromatic heterocycles. The monoisotopic (exact) mass is 170 g/mol. The molecule has 2 atom stereocenters. The Morgan fingerprint density at radius 1 is 1.42 bits per heavy atom. The Hall–Kier alpha value is -0.730. The van der Waals surface area contributed by atoms with E-state index >= 15 is 0 Å². The zero-order valence-corrected chi connectivity index (χ0v) is 8.51. The molecule has 70 valence electrons. The molecule has 1 N–H and O–H groups in total. The fraction of sp³-hybridized carbons (Fsp3) is 0.889.